The second-order valence-corrected chi connectivity index (χ2v) is 5.24. The first kappa shape index (κ1) is 15.5. The van der Waals surface area contributed by atoms with E-state index >= 15 is 0 Å². The first-order valence-corrected chi connectivity index (χ1v) is 7.32. The Bertz CT molecular complexity index is 855. The molecule has 0 aliphatic rings. The van der Waals surface area contributed by atoms with Gasteiger partial charge in [0.1, 0.15) is 0 Å². The lowest BCUT2D eigenvalue weighted by atomic mass is 10.1. The van der Waals surface area contributed by atoms with Gasteiger partial charge in [-0.1, -0.05) is 47.6 Å². The highest BCUT2D eigenvalue weighted by Gasteiger charge is 2.13. The van der Waals surface area contributed by atoms with Crippen LogP contribution in [0.3, 0.4) is 0 Å². The molecule has 0 saturated heterocycles. The van der Waals surface area contributed by atoms with Crippen LogP contribution in [-0.2, 0) is 11.2 Å². The van der Waals surface area contributed by atoms with Gasteiger partial charge in [0.2, 0.25) is 5.91 Å². The maximum absolute atomic E-state index is 12.2. The Kier molecular flexibility index (Phi) is 4.38. The molecule has 6 heteroatoms. The highest BCUT2D eigenvalue weighted by molar-refractivity contribution is 6.03. The molecule has 0 bridgehead atoms. The highest BCUT2D eigenvalue weighted by Crippen LogP contribution is 2.20. The van der Waals surface area contributed by atoms with Crippen molar-refractivity contribution in [1.29, 1.82) is 0 Å². The van der Waals surface area contributed by atoms with E-state index in [9.17, 15) is 9.59 Å². The van der Waals surface area contributed by atoms with Crippen molar-refractivity contribution in [3.63, 3.8) is 0 Å². The molecule has 0 spiro atoms. The summed E-state index contributed by atoms with van der Waals surface area (Å²) in [6.45, 7) is 0. The number of nitrogens with one attached hydrogen (secondary N) is 1. The second-order valence-electron chi connectivity index (χ2n) is 5.24. The van der Waals surface area contributed by atoms with Gasteiger partial charge in [-0.3, -0.25) is 9.59 Å². The van der Waals surface area contributed by atoms with Gasteiger partial charge in [-0.2, -0.15) is 0 Å². The van der Waals surface area contributed by atoms with Crippen molar-refractivity contribution >= 4 is 17.5 Å². The first-order chi connectivity index (χ1) is 11.6. The van der Waals surface area contributed by atoms with E-state index in [1.165, 1.54) is 0 Å². The Hall–Kier alpha value is -3.41. The van der Waals surface area contributed by atoms with Gasteiger partial charge in [-0.25, -0.2) is 0 Å². The fourth-order valence-electron chi connectivity index (χ4n) is 2.22. The zero-order valence-corrected chi connectivity index (χ0v) is 12.7. The topological polar surface area (TPSA) is 98.2 Å². The standard InChI is InChI=1S/C18H15N3O3/c19-17(22)10-12-6-8-14(9-7-12)20-18(23)15-11-16(24-21-15)13-4-2-1-3-5-13/h1-9,11H,10H2,(H2,19,22)(H,20,23). The van der Waals surface area contributed by atoms with Crippen molar-refractivity contribution in [2.24, 2.45) is 5.73 Å². The average molecular weight is 321 g/mol. The fourth-order valence-corrected chi connectivity index (χ4v) is 2.22. The van der Waals surface area contributed by atoms with Gasteiger partial charge < -0.3 is 15.6 Å². The van der Waals surface area contributed by atoms with Crippen LogP contribution in [0.2, 0.25) is 0 Å². The van der Waals surface area contributed by atoms with E-state index < -0.39 is 5.91 Å². The van der Waals surface area contributed by atoms with Crippen LogP contribution in [0.1, 0.15) is 16.1 Å². The minimum Gasteiger partial charge on any atom is -0.369 e. The maximum atomic E-state index is 12.2. The third-order valence-corrected chi connectivity index (χ3v) is 3.39. The van der Waals surface area contributed by atoms with Crippen LogP contribution in [0.4, 0.5) is 5.69 Å². The third-order valence-electron chi connectivity index (χ3n) is 3.39. The fraction of sp³-hybridized carbons (Fsp3) is 0.0556. The summed E-state index contributed by atoms with van der Waals surface area (Å²) in [5.74, 6) is -0.246. The van der Waals surface area contributed by atoms with E-state index in [4.69, 9.17) is 10.3 Å². The molecule has 3 N–H and O–H groups in total. The minimum absolute atomic E-state index is 0.165. The smallest absolute Gasteiger partial charge is 0.277 e. The van der Waals surface area contributed by atoms with Crippen LogP contribution < -0.4 is 11.1 Å². The van der Waals surface area contributed by atoms with E-state index in [1.807, 2.05) is 30.3 Å². The molecule has 0 radical (unpaired) electrons. The van der Waals surface area contributed by atoms with E-state index in [0.29, 0.717) is 11.4 Å². The van der Waals surface area contributed by atoms with Crippen molar-refractivity contribution in [2.45, 2.75) is 6.42 Å². The molecule has 1 heterocycles. The van der Waals surface area contributed by atoms with Crippen LogP contribution in [0.25, 0.3) is 11.3 Å². The number of primary amides is 1. The van der Waals surface area contributed by atoms with Gasteiger partial charge in [-0.15, -0.1) is 0 Å². The maximum Gasteiger partial charge on any atom is 0.277 e. The second kappa shape index (κ2) is 6.78. The molecule has 0 fully saturated rings. The zero-order valence-electron chi connectivity index (χ0n) is 12.7. The summed E-state index contributed by atoms with van der Waals surface area (Å²) in [5, 5.41) is 6.52. The Morgan fingerprint density at radius 3 is 2.42 bits per heavy atom. The van der Waals surface area contributed by atoms with Crippen molar-refractivity contribution in [3.8, 4) is 11.3 Å². The minimum atomic E-state index is -0.400. The molecule has 6 nitrogen and oxygen atoms in total. The van der Waals surface area contributed by atoms with E-state index in [1.54, 1.807) is 30.3 Å². The summed E-state index contributed by atoms with van der Waals surface area (Å²) in [4.78, 5) is 23.1. The number of nitrogens with two attached hydrogens (primary N) is 1. The van der Waals surface area contributed by atoms with Crippen molar-refractivity contribution < 1.29 is 14.1 Å². The molecule has 0 atom stereocenters. The number of rotatable bonds is 5. The molecule has 0 saturated carbocycles. The van der Waals surface area contributed by atoms with E-state index in [-0.39, 0.29) is 18.0 Å². The van der Waals surface area contributed by atoms with Crippen molar-refractivity contribution in [2.75, 3.05) is 5.32 Å². The highest BCUT2D eigenvalue weighted by atomic mass is 16.5. The largest absolute Gasteiger partial charge is 0.369 e. The molecular weight excluding hydrogens is 306 g/mol. The van der Waals surface area contributed by atoms with E-state index in [2.05, 4.69) is 10.5 Å². The van der Waals surface area contributed by atoms with Gasteiger partial charge in [0.15, 0.2) is 11.5 Å². The number of benzene rings is 2. The van der Waals surface area contributed by atoms with Crippen LogP contribution in [0, 0.1) is 0 Å². The summed E-state index contributed by atoms with van der Waals surface area (Å²) in [6, 6.07) is 17.9. The predicted octanol–water partition coefficient (Wildman–Crippen LogP) is 2.62. The van der Waals surface area contributed by atoms with Gasteiger partial charge in [0, 0.05) is 17.3 Å². The summed E-state index contributed by atoms with van der Waals surface area (Å²) in [6.07, 6.45) is 0.165. The molecule has 2 aromatic carbocycles. The van der Waals surface area contributed by atoms with Gasteiger partial charge >= 0.3 is 0 Å². The van der Waals surface area contributed by atoms with Crippen LogP contribution >= 0.6 is 0 Å². The van der Waals surface area contributed by atoms with Crippen molar-refractivity contribution in [3.05, 3.63) is 71.9 Å². The van der Waals surface area contributed by atoms with Crippen LogP contribution in [0.5, 0.6) is 0 Å². The average Bonchev–Trinajstić information content (AvgIpc) is 3.07. The zero-order chi connectivity index (χ0) is 16.9. The number of hydrogen-bond donors (Lipinski definition) is 2. The number of amides is 2. The van der Waals surface area contributed by atoms with Gasteiger partial charge in [0.25, 0.3) is 5.91 Å². The van der Waals surface area contributed by atoms with Crippen LogP contribution in [-0.4, -0.2) is 17.0 Å². The molecule has 120 valence electrons. The summed E-state index contributed by atoms with van der Waals surface area (Å²) < 4.78 is 5.21. The molecule has 1 aromatic heterocycles. The number of anilines is 1. The quantitative estimate of drug-likeness (QED) is 0.754. The Labute approximate surface area is 138 Å². The summed E-state index contributed by atoms with van der Waals surface area (Å²) in [5.41, 5.74) is 7.56. The molecule has 2 amide bonds. The summed E-state index contributed by atoms with van der Waals surface area (Å²) >= 11 is 0. The molecule has 3 aromatic rings. The lowest BCUT2D eigenvalue weighted by molar-refractivity contribution is -0.117. The lowest BCUT2D eigenvalue weighted by Crippen LogP contribution is -2.14. The number of carbonyl (C=O) groups excluding carboxylic acids is 2. The number of hydrogen-bond acceptors (Lipinski definition) is 4. The van der Waals surface area contributed by atoms with Crippen molar-refractivity contribution in [1.82, 2.24) is 5.16 Å². The molecular formula is C18H15N3O3. The van der Waals surface area contributed by atoms with Crippen LogP contribution in [0.15, 0.2) is 65.2 Å². The molecule has 3 rings (SSSR count). The third kappa shape index (κ3) is 3.67. The number of nitrogens with zero attached hydrogens (tertiary/aromatic N) is 1. The molecule has 24 heavy (non-hydrogen) atoms. The number of aromatic nitrogens is 1. The van der Waals surface area contributed by atoms with E-state index in [0.717, 1.165) is 11.1 Å². The number of carbonyl (C=O) groups is 2. The Morgan fingerprint density at radius 1 is 1.04 bits per heavy atom. The van der Waals surface area contributed by atoms with Gasteiger partial charge in [0.05, 0.1) is 6.42 Å². The Balaban J connectivity index is 1.69. The van der Waals surface area contributed by atoms with Gasteiger partial charge in [-0.05, 0) is 17.7 Å². The first-order valence-electron chi connectivity index (χ1n) is 7.32. The molecule has 0 aliphatic heterocycles. The SMILES string of the molecule is NC(=O)Cc1ccc(NC(=O)c2cc(-c3ccccc3)on2)cc1. The molecule has 0 unspecified atom stereocenters. The summed E-state index contributed by atoms with van der Waals surface area (Å²) in [7, 11) is 0. The Morgan fingerprint density at radius 2 is 1.75 bits per heavy atom. The monoisotopic (exact) mass is 321 g/mol. The molecule has 0 aliphatic carbocycles. The normalized spacial score (nSPS) is 10.3. The predicted molar refractivity (Wildman–Crippen MR) is 89.2 cm³/mol. The lowest BCUT2D eigenvalue weighted by Gasteiger charge is -2.04.